The second kappa shape index (κ2) is 7.31. The van der Waals surface area contributed by atoms with Crippen molar-refractivity contribution in [1.82, 2.24) is 29.4 Å². The molecule has 0 aliphatic carbocycles. The monoisotopic (exact) mass is 436 g/mol. The Morgan fingerprint density at radius 2 is 2.06 bits per heavy atom. The van der Waals surface area contributed by atoms with Crippen LogP contribution in [0.15, 0.2) is 28.9 Å². The number of aryl methyl sites for hydroxylation is 3. The van der Waals surface area contributed by atoms with Gasteiger partial charge >= 0.3 is 5.97 Å². The number of carbonyl (C=O) groups is 1. The molecule has 0 radical (unpaired) electrons. The van der Waals surface area contributed by atoms with E-state index in [1.807, 2.05) is 43.7 Å². The molecular formula is C21H20N6O3S. The number of ether oxygens (including phenoxy) is 1. The van der Waals surface area contributed by atoms with E-state index in [1.165, 1.54) is 11.3 Å². The molecule has 0 unspecified atom stereocenters. The van der Waals surface area contributed by atoms with Crippen molar-refractivity contribution >= 4 is 33.2 Å². The Hall–Kier alpha value is -3.53. The van der Waals surface area contributed by atoms with Gasteiger partial charge in [-0.1, -0.05) is 0 Å². The minimum atomic E-state index is -0.347. The van der Waals surface area contributed by atoms with Gasteiger partial charge in [-0.15, -0.1) is 16.4 Å². The van der Waals surface area contributed by atoms with Crippen LogP contribution in [0.3, 0.4) is 0 Å². The average molecular weight is 436 g/mol. The molecular weight excluding hydrogens is 416 g/mol. The molecule has 0 aliphatic heterocycles. The molecule has 31 heavy (non-hydrogen) atoms. The highest BCUT2D eigenvalue weighted by Crippen LogP contribution is 2.33. The van der Waals surface area contributed by atoms with Crippen LogP contribution in [-0.2, 0) is 11.3 Å². The smallest absolute Gasteiger partial charge is 0.348 e. The van der Waals surface area contributed by atoms with Gasteiger partial charge in [0.05, 0.1) is 24.2 Å². The maximum Gasteiger partial charge on any atom is 0.348 e. The van der Waals surface area contributed by atoms with Gasteiger partial charge in [0.25, 0.3) is 0 Å². The fourth-order valence-corrected chi connectivity index (χ4v) is 4.63. The molecule has 5 rings (SSSR count). The highest BCUT2D eigenvalue weighted by molar-refractivity contribution is 7.20. The second-order valence-corrected chi connectivity index (χ2v) is 8.25. The van der Waals surface area contributed by atoms with Crippen LogP contribution in [0.25, 0.3) is 27.4 Å². The van der Waals surface area contributed by atoms with Crippen molar-refractivity contribution in [3.8, 4) is 11.6 Å². The first kappa shape index (κ1) is 19.4. The third kappa shape index (κ3) is 3.28. The van der Waals surface area contributed by atoms with Crippen molar-refractivity contribution in [1.29, 1.82) is 0 Å². The summed E-state index contributed by atoms with van der Waals surface area (Å²) in [4.78, 5) is 22.7. The van der Waals surface area contributed by atoms with E-state index in [2.05, 4.69) is 20.2 Å². The van der Waals surface area contributed by atoms with Crippen molar-refractivity contribution in [3.05, 3.63) is 52.1 Å². The number of fused-ring (bicyclic) bond motifs is 3. The van der Waals surface area contributed by atoms with E-state index in [-0.39, 0.29) is 5.97 Å². The molecule has 5 aromatic heterocycles. The lowest BCUT2D eigenvalue weighted by Crippen LogP contribution is -2.03. The van der Waals surface area contributed by atoms with Gasteiger partial charge in [0, 0.05) is 5.69 Å². The molecule has 9 nitrogen and oxygen atoms in total. The second-order valence-electron chi connectivity index (χ2n) is 7.26. The Kier molecular flexibility index (Phi) is 4.58. The van der Waals surface area contributed by atoms with Crippen molar-refractivity contribution in [2.45, 2.75) is 34.2 Å². The van der Waals surface area contributed by atoms with Crippen molar-refractivity contribution in [3.63, 3.8) is 0 Å². The number of esters is 1. The van der Waals surface area contributed by atoms with Crippen LogP contribution in [-0.4, -0.2) is 41.9 Å². The van der Waals surface area contributed by atoms with Gasteiger partial charge in [-0.3, -0.25) is 4.68 Å². The number of furan rings is 1. The normalized spacial score (nSPS) is 11.6. The maximum atomic E-state index is 12.3. The molecule has 0 atom stereocenters. The zero-order valence-corrected chi connectivity index (χ0v) is 18.4. The first-order valence-corrected chi connectivity index (χ1v) is 10.7. The molecule has 0 saturated heterocycles. The Morgan fingerprint density at radius 3 is 2.81 bits per heavy atom. The van der Waals surface area contributed by atoms with E-state index in [4.69, 9.17) is 9.15 Å². The molecule has 10 heteroatoms. The summed E-state index contributed by atoms with van der Waals surface area (Å²) < 4.78 is 14.7. The highest BCUT2D eigenvalue weighted by Gasteiger charge is 2.22. The van der Waals surface area contributed by atoms with Gasteiger partial charge in [0.15, 0.2) is 11.4 Å². The Balaban J connectivity index is 1.53. The SMILES string of the molecule is CCOC(=O)c1sc2ncn3nc(-c4ccc(Cn5nc(C)cc5C)o4)nc3c2c1C. The van der Waals surface area contributed by atoms with E-state index in [0.29, 0.717) is 35.3 Å². The average Bonchev–Trinajstić information content (AvgIpc) is 3.48. The van der Waals surface area contributed by atoms with Gasteiger partial charge in [0.2, 0.25) is 5.82 Å². The summed E-state index contributed by atoms with van der Waals surface area (Å²) in [5, 5.41) is 9.79. The molecule has 0 bridgehead atoms. The molecule has 5 aromatic rings. The first-order valence-electron chi connectivity index (χ1n) is 9.86. The van der Waals surface area contributed by atoms with Gasteiger partial charge in [-0.05, 0) is 51.5 Å². The molecule has 0 aliphatic rings. The molecule has 0 saturated carbocycles. The molecule has 0 amide bonds. The van der Waals surface area contributed by atoms with Crippen molar-refractivity contribution in [2.75, 3.05) is 6.61 Å². The fourth-order valence-electron chi connectivity index (χ4n) is 3.60. The standard InChI is InChI=1S/C21H20N6O3S/c1-5-29-21(28)17-13(4)16-19-23-18(25-27(19)10-22-20(16)31-17)15-7-6-14(30-15)9-26-12(3)8-11(2)24-26/h6-8,10H,5,9H2,1-4H3. The summed E-state index contributed by atoms with van der Waals surface area (Å²) >= 11 is 1.30. The van der Waals surface area contributed by atoms with Crippen LogP contribution in [0, 0.1) is 20.8 Å². The van der Waals surface area contributed by atoms with Crippen LogP contribution in [0.2, 0.25) is 0 Å². The maximum absolute atomic E-state index is 12.3. The number of hydrogen-bond donors (Lipinski definition) is 0. The molecule has 158 valence electrons. The summed E-state index contributed by atoms with van der Waals surface area (Å²) in [5.74, 6) is 1.43. The largest absolute Gasteiger partial charge is 0.462 e. The van der Waals surface area contributed by atoms with Crippen molar-refractivity contribution < 1.29 is 13.9 Å². The van der Waals surface area contributed by atoms with Crippen molar-refractivity contribution in [2.24, 2.45) is 0 Å². The van der Waals surface area contributed by atoms with Gasteiger partial charge < -0.3 is 9.15 Å². The predicted octanol–water partition coefficient (Wildman–Crippen LogP) is 3.95. The molecule has 5 heterocycles. The lowest BCUT2D eigenvalue weighted by Gasteiger charge is -2.00. The first-order chi connectivity index (χ1) is 14.9. The van der Waals surface area contributed by atoms with Crippen LogP contribution in [0.5, 0.6) is 0 Å². The zero-order valence-electron chi connectivity index (χ0n) is 17.5. The molecule has 0 aromatic carbocycles. The number of aromatic nitrogens is 6. The predicted molar refractivity (Wildman–Crippen MR) is 115 cm³/mol. The highest BCUT2D eigenvalue weighted by atomic mass is 32.1. The van der Waals surface area contributed by atoms with E-state index in [1.54, 1.807) is 17.8 Å². The third-order valence-electron chi connectivity index (χ3n) is 5.02. The quantitative estimate of drug-likeness (QED) is 0.385. The number of thiophene rings is 1. The minimum absolute atomic E-state index is 0.322. The lowest BCUT2D eigenvalue weighted by molar-refractivity contribution is 0.0531. The van der Waals surface area contributed by atoms with Crippen LogP contribution in [0.4, 0.5) is 0 Å². The third-order valence-corrected chi connectivity index (χ3v) is 6.20. The lowest BCUT2D eigenvalue weighted by atomic mass is 10.2. The Bertz CT molecular complexity index is 1440. The van der Waals surface area contributed by atoms with Crippen LogP contribution < -0.4 is 0 Å². The number of carbonyl (C=O) groups excluding carboxylic acids is 1. The van der Waals surface area contributed by atoms with E-state index < -0.39 is 0 Å². The van der Waals surface area contributed by atoms with E-state index in [0.717, 1.165) is 32.9 Å². The number of hydrogen-bond acceptors (Lipinski definition) is 8. The Morgan fingerprint density at radius 1 is 1.23 bits per heavy atom. The summed E-state index contributed by atoms with van der Waals surface area (Å²) in [5.41, 5.74) is 3.46. The minimum Gasteiger partial charge on any atom is -0.462 e. The van der Waals surface area contributed by atoms with Crippen LogP contribution >= 0.6 is 11.3 Å². The van der Waals surface area contributed by atoms with E-state index in [9.17, 15) is 4.79 Å². The van der Waals surface area contributed by atoms with Crippen LogP contribution in [0.1, 0.15) is 39.3 Å². The summed E-state index contributed by atoms with van der Waals surface area (Å²) in [6.07, 6.45) is 1.60. The van der Waals surface area contributed by atoms with Gasteiger partial charge in [0.1, 0.15) is 21.8 Å². The Labute approximate surface area is 181 Å². The zero-order chi connectivity index (χ0) is 21.7. The molecule has 0 fully saturated rings. The number of rotatable bonds is 5. The van der Waals surface area contributed by atoms with Gasteiger partial charge in [-0.25, -0.2) is 19.3 Å². The molecule has 0 spiro atoms. The fraction of sp³-hybridized carbons (Fsp3) is 0.286. The summed E-state index contributed by atoms with van der Waals surface area (Å²) in [6.45, 7) is 8.49. The topological polar surface area (TPSA) is 100 Å². The summed E-state index contributed by atoms with van der Waals surface area (Å²) in [7, 11) is 0. The summed E-state index contributed by atoms with van der Waals surface area (Å²) in [6, 6.07) is 5.78. The number of nitrogens with zero attached hydrogens (tertiary/aromatic N) is 6. The van der Waals surface area contributed by atoms with Gasteiger partial charge in [-0.2, -0.15) is 5.10 Å². The van der Waals surface area contributed by atoms with E-state index >= 15 is 0 Å². The molecule has 0 N–H and O–H groups in total.